The number of carbonyl (C=O) groups excluding carboxylic acids is 1. The third-order valence-electron chi connectivity index (χ3n) is 2.59. The Labute approximate surface area is 115 Å². The number of phenolic OH excluding ortho intramolecular Hbond substituents is 2. The number of rotatable bonds is 3. The molecule has 98 valence electrons. The first-order valence-electron chi connectivity index (χ1n) is 5.58. The predicted molar refractivity (Wildman–Crippen MR) is 73.7 cm³/mol. The van der Waals surface area contributed by atoms with Gasteiger partial charge in [0.25, 0.3) is 5.91 Å². The van der Waals surface area contributed by atoms with Crippen molar-refractivity contribution < 1.29 is 15.0 Å². The van der Waals surface area contributed by atoms with Crippen LogP contribution in [0.25, 0.3) is 0 Å². The molecule has 0 bridgehead atoms. The van der Waals surface area contributed by atoms with Crippen LogP contribution in [-0.2, 0) is 5.88 Å². The van der Waals surface area contributed by atoms with Crippen molar-refractivity contribution in [3.8, 4) is 11.5 Å². The highest BCUT2D eigenvalue weighted by Crippen LogP contribution is 2.23. The van der Waals surface area contributed by atoms with Gasteiger partial charge in [0.1, 0.15) is 11.5 Å². The maximum absolute atomic E-state index is 11.9. The van der Waals surface area contributed by atoms with Crippen LogP contribution in [0.3, 0.4) is 0 Å². The fraction of sp³-hybridized carbons (Fsp3) is 0.0714. The normalized spacial score (nSPS) is 10.2. The van der Waals surface area contributed by atoms with Gasteiger partial charge in [-0.25, -0.2) is 0 Å². The van der Waals surface area contributed by atoms with Gasteiger partial charge in [0.2, 0.25) is 0 Å². The molecule has 0 aromatic heterocycles. The second kappa shape index (κ2) is 5.63. The molecule has 0 fully saturated rings. The van der Waals surface area contributed by atoms with Crippen LogP contribution in [0.2, 0.25) is 0 Å². The largest absolute Gasteiger partial charge is 0.508 e. The van der Waals surface area contributed by atoms with Crippen LogP contribution in [-0.4, -0.2) is 16.1 Å². The van der Waals surface area contributed by atoms with Gasteiger partial charge in [-0.15, -0.1) is 11.6 Å². The molecular formula is C14H12ClNO3. The molecule has 2 aromatic carbocycles. The number of aromatic hydroxyl groups is 2. The van der Waals surface area contributed by atoms with Crippen molar-refractivity contribution >= 4 is 23.2 Å². The molecule has 0 saturated carbocycles. The van der Waals surface area contributed by atoms with Crippen molar-refractivity contribution in [1.29, 1.82) is 0 Å². The predicted octanol–water partition coefficient (Wildman–Crippen LogP) is 3.09. The van der Waals surface area contributed by atoms with Crippen LogP contribution >= 0.6 is 11.6 Å². The Bertz CT molecular complexity index is 596. The Kier molecular flexibility index (Phi) is 3.92. The second-order valence-corrected chi connectivity index (χ2v) is 4.25. The minimum atomic E-state index is -0.493. The molecular weight excluding hydrogens is 266 g/mol. The van der Waals surface area contributed by atoms with Gasteiger partial charge in [-0.2, -0.15) is 0 Å². The Morgan fingerprint density at radius 1 is 1.11 bits per heavy atom. The van der Waals surface area contributed by atoms with Gasteiger partial charge in [0, 0.05) is 11.6 Å². The Morgan fingerprint density at radius 2 is 1.79 bits per heavy atom. The van der Waals surface area contributed by atoms with Gasteiger partial charge >= 0.3 is 0 Å². The summed E-state index contributed by atoms with van der Waals surface area (Å²) in [5.74, 6) is -0.359. The van der Waals surface area contributed by atoms with E-state index in [1.807, 2.05) is 0 Å². The Hall–Kier alpha value is -2.20. The second-order valence-electron chi connectivity index (χ2n) is 3.99. The number of hydrogen-bond acceptors (Lipinski definition) is 3. The maximum Gasteiger partial charge on any atom is 0.259 e. The van der Waals surface area contributed by atoms with Gasteiger partial charge in [-0.3, -0.25) is 4.79 Å². The lowest BCUT2D eigenvalue weighted by molar-refractivity contribution is 0.102. The summed E-state index contributed by atoms with van der Waals surface area (Å²) in [7, 11) is 0. The van der Waals surface area contributed by atoms with E-state index in [-0.39, 0.29) is 17.1 Å². The number of hydrogen-bond donors (Lipinski definition) is 3. The van der Waals surface area contributed by atoms with Gasteiger partial charge < -0.3 is 15.5 Å². The summed E-state index contributed by atoms with van der Waals surface area (Å²) >= 11 is 5.67. The summed E-state index contributed by atoms with van der Waals surface area (Å²) in [5.41, 5.74) is 1.54. The molecule has 2 aromatic rings. The lowest BCUT2D eigenvalue weighted by Crippen LogP contribution is -2.11. The molecule has 2 rings (SSSR count). The van der Waals surface area contributed by atoms with Gasteiger partial charge in [0.05, 0.1) is 5.56 Å². The summed E-state index contributed by atoms with van der Waals surface area (Å²) in [4.78, 5) is 11.9. The van der Waals surface area contributed by atoms with E-state index in [1.54, 1.807) is 24.3 Å². The fourth-order valence-corrected chi connectivity index (χ4v) is 1.76. The molecule has 19 heavy (non-hydrogen) atoms. The van der Waals surface area contributed by atoms with E-state index in [2.05, 4.69) is 5.32 Å². The van der Waals surface area contributed by atoms with Crippen LogP contribution in [0.5, 0.6) is 11.5 Å². The molecule has 5 heteroatoms. The molecule has 0 spiro atoms. The number of amides is 1. The summed E-state index contributed by atoms with van der Waals surface area (Å²) in [6.45, 7) is 0. The van der Waals surface area contributed by atoms with Gasteiger partial charge in [0.15, 0.2) is 0 Å². The topological polar surface area (TPSA) is 69.6 Å². The monoisotopic (exact) mass is 277 g/mol. The van der Waals surface area contributed by atoms with Gasteiger partial charge in [-0.05, 0) is 35.9 Å². The number of alkyl halides is 1. The third kappa shape index (κ3) is 3.17. The number of benzene rings is 2. The molecule has 1 amide bonds. The van der Waals surface area contributed by atoms with E-state index in [0.29, 0.717) is 11.6 Å². The molecule has 0 radical (unpaired) electrons. The molecule has 3 N–H and O–H groups in total. The summed E-state index contributed by atoms with van der Waals surface area (Å²) in [5, 5.41) is 21.5. The van der Waals surface area contributed by atoms with Crippen molar-refractivity contribution in [3.63, 3.8) is 0 Å². The summed E-state index contributed by atoms with van der Waals surface area (Å²) < 4.78 is 0. The zero-order valence-electron chi connectivity index (χ0n) is 9.93. The quantitative estimate of drug-likeness (QED) is 0.596. The molecule has 0 saturated heterocycles. The van der Waals surface area contributed by atoms with E-state index in [1.165, 1.54) is 18.2 Å². The maximum atomic E-state index is 11.9. The highest BCUT2D eigenvalue weighted by atomic mass is 35.5. The van der Waals surface area contributed by atoms with E-state index in [4.69, 9.17) is 11.6 Å². The number of phenols is 2. The molecule has 0 aliphatic heterocycles. The Balaban J connectivity index is 2.18. The minimum Gasteiger partial charge on any atom is -0.508 e. The van der Waals surface area contributed by atoms with Crippen LogP contribution in [0, 0.1) is 0 Å². The first-order chi connectivity index (χ1) is 9.10. The molecule has 4 nitrogen and oxygen atoms in total. The van der Waals surface area contributed by atoms with Crippen LogP contribution in [0.15, 0.2) is 42.5 Å². The molecule has 0 aliphatic carbocycles. The third-order valence-corrected chi connectivity index (χ3v) is 2.90. The van der Waals surface area contributed by atoms with E-state index in [9.17, 15) is 15.0 Å². The van der Waals surface area contributed by atoms with E-state index >= 15 is 0 Å². The average Bonchev–Trinajstić information content (AvgIpc) is 2.42. The summed E-state index contributed by atoms with van der Waals surface area (Å²) in [6, 6.07) is 10.8. The van der Waals surface area contributed by atoms with Crippen LogP contribution in [0.1, 0.15) is 15.9 Å². The Morgan fingerprint density at radius 3 is 2.42 bits per heavy atom. The molecule has 0 unspecified atom stereocenters. The zero-order chi connectivity index (χ0) is 13.8. The standard InChI is InChI=1S/C14H12ClNO3/c15-8-9-1-3-10(4-2-9)16-14(19)12-7-11(17)5-6-13(12)18/h1-7,17-18H,8H2,(H,16,19). The van der Waals surface area contributed by atoms with E-state index < -0.39 is 5.91 Å². The van der Waals surface area contributed by atoms with Gasteiger partial charge in [-0.1, -0.05) is 12.1 Å². The molecule has 0 aliphatic rings. The first-order valence-corrected chi connectivity index (χ1v) is 6.12. The first kappa shape index (κ1) is 13.2. The lowest BCUT2D eigenvalue weighted by atomic mass is 10.1. The zero-order valence-corrected chi connectivity index (χ0v) is 10.7. The number of nitrogens with one attached hydrogen (secondary N) is 1. The highest BCUT2D eigenvalue weighted by molar-refractivity contribution is 6.17. The number of carbonyl (C=O) groups is 1. The molecule has 0 heterocycles. The average molecular weight is 278 g/mol. The van der Waals surface area contributed by atoms with Crippen LogP contribution in [0.4, 0.5) is 5.69 Å². The minimum absolute atomic E-state index is 0.0152. The van der Waals surface area contributed by atoms with Crippen molar-refractivity contribution in [3.05, 3.63) is 53.6 Å². The fourth-order valence-electron chi connectivity index (χ4n) is 1.58. The smallest absolute Gasteiger partial charge is 0.259 e. The van der Waals surface area contributed by atoms with Crippen LogP contribution < -0.4 is 5.32 Å². The highest BCUT2D eigenvalue weighted by Gasteiger charge is 2.12. The SMILES string of the molecule is O=C(Nc1ccc(CCl)cc1)c1cc(O)ccc1O. The van der Waals surface area contributed by atoms with E-state index in [0.717, 1.165) is 5.56 Å². The number of halogens is 1. The lowest BCUT2D eigenvalue weighted by Gasteiger charge is -2.07. The van der Waals surface area contributed by atoms with Crippen molar-refractivity contribution in [2.75, 3.05) is 5.32 Å². The van der Waals surface area contributed by atoms with Crippen molar-refractivity contribution in [1.82, 2.24) is 0 Å². The molecule has 0 atom stereocenters. The number of anilines is 1. The summed E-state index contributed by atoms with van der Waals surface area (Å²) in [6.07, 6.45) is 0. The van der Waals surface area contributed by atoms with Crippen molar-refractivity contribution in [2.45, 2.75) is 5.88 Å². The van der Waals surface area contributed by atoms with Crippen molar-refractivity contribution in [2.24, 2.45) is 0 Å².